The van der Waals surface area contributed by atoms with E-state index in [2.05, 4.69) is 55.3 Å². The van der Waals surface area contributed by atoms with E-state index < -0.39 is 0 Å². The fourth-order valence-electron chi connectivity index (χ4n) is 1.83. The maximum absolute atomic E-state index is 5.97. The molecule has 1 aliphatic rings. The Hall–Kier alpha value is -0.390. The summed E-state index contributed by atoms with van der Waals surface area (Å²) in [7, 11) is 0. The number of hydrogen-bond acceptors (Lipinski definition) is 3. The van der Waals surface area contributed by atoms with Gasteiger partial charge in [-0.1, -0.05) is 27.7 Å². The predicted molar refractivity (Wildman–Crippen MR) is 74.4 cm³/mol. The zero-order chi connectivity index (χ0) is 12.1. The molecule has 0 aromatic carbocycles. The first-order valence-corrected chi connectivity index (χ1v) is 6.72. The normalized spacial score (nSPS) is 24.6. The molecule has 16 heavy (non-hydrogen) atoms. The highest BCUT2D eigenvalue weighted by Gasteiger charge is 2.38. The summed E-state index contributed by atoms with van der Waals surface area (Å²) in [5.74, 6) is 2.82. The third-order valence-electron chi connectivity index (χ3n) is 3.05. The second-order valence-corrected chi connectivity index (χ2v) is 6.78. The van der Waals surface area contributed by atoms with Gasteiger partial charge in [-0.25, -0.2) is 9.97 Å². The maximum Gasteiger partial charge on any atom is 0.140 e. The van der Waals surface area contributed by atoms with Crippen LogP contribution in [0, 0.1) is 9.49 Å². The molecule has 3 nitrogen and oxygen atoms in total. The zero-order valence-corrected chi connectivity index (χ0v) is 12.4. The molecular formula is C12H18IN3. The third-order valence-corrected chi connectivity index (χ3v) is 4.11. The van der Waals surface area contributed by atoms with Crippen LogP contribution in [0.1, 0.15) is 51.6 Å². The molecule has 1 aromatic heterocycles. The van der Waals surface area contributed by atoms with Crippen LogP contribution in [-0.2, 0) is 5.41 Å². The smallest absolute Gasteiger partial charge is 0.140 e. The van der Waals surface area contributed by atoms with Crippen molar-refractivity contribution in [3.05, 3.63) is 15.1 Å². The van der Waals surface area contributed by atoms with E-state index in [4.69, 9.17) is 10.7 Å². The molecular weight excluding hydrogens is 313 g/mol. The molecule has 2 unspecified atom stereocenters. The van der Waals surface area contributed by atoms with E-state index in [1.54, 1.807) is 0 Å². The summed E-state index contributed by atoms with van der Waals surface area (Å²) < 4.78 is 1.00. The number of nitrogen functional groups attached to an aromatic ring is 1. The van der Waals surface area contributed by atoms with Crippen molar-refractivity contribution >= 4 is 28.4 Å². The molecule has 1 aromatic rings. The summed E-state index contributed by atoms with van der Waals surface area (Å²) in [4.78, 5) is 9.14. The molecule has 1 aliphatic carbocycles. The summed E-state index contributed by atoms with van der Waals surface area (Å²) in [6, 6.07) is 0. The van der Waals surface area contributed by atoms with Gasteiger partial charge in [-0.2, -0.15) is 0 Å². The van der Waals surface area contributed by atoms with E-state index in [1.165, 1.54) is 6.42 Å². The summed E-state index contributed by atoms with van der Waals surface area (Å²) in [5.41, 5.74) is 7.08. The van der Waals surface area contributed by atoms with Crippen LogP contribution in [0.15, 0.2) is 0 Å². The van der Waals surface area contributed by atoms with Gasteiger partial charge in [0.2, 0.25) is 0 Å². The van der Waals surface area contributed by atoms with Crippen LogP contribution >= 0.6 is 22.6 Å². The molecule has 4 heteroatoms. The average molecular weight is 331 g/mol. The molecule has 0 aliphatic heterocycles. The van der Waals surface area contributed by atoms with Gasteiger partial charge in [0.25, 0.3) is 0 Å². The number of nitrogens with zero attached hydrogens (tertiary/aromatic N) is 2. The largest absolute Gasteiger partial charge is 0.383 e. The van der Waals surface area contributed by atoms with Crippen LogP contribution in [0.3, 0.4) is 0 Å². The molecule has 0 bridgehead atoms. The lowest BCUT2D eigenvalue weighted by Gasteiger charge is -2.20. The van der Waals surface area contributed by atoms with Crippen molar-refractivity contribution in [2.45, 2.75) is 45.4 Å². The number of rotatable bonds is 1. The second kappa shape index (κ2) is 3.82. The van der Waals surface area contributed by atoms with Gasteiger partial charge in [-0.3, -0.25) is 0 Å². The number of nitrogens with two attached hydrogens (primary N) is 1. The van der Waals surface area contributed by atoms with Gasteiger partial charge >= 0.3 is 0 Å². The Morgan fingerprint density at radius 1 is 1.31 bits per heavy atom. The van der Waals surface area contributed by atoms with E-state index in [9.17, 15) is 0 Å². The number of anilines is 1. The zero-order valence-electron chi connectivity index (χ0n) is 10.2. The summed E-state index contributed by atoms with van der Waals surface area (Å²) in [5, 5.41) is 0. The standard InChI is InChI=1S/C12H18IN3/c1-6-5-7(6)11-15-9(12(2,3)4)8(13)10(14)16-11/h6-7H,5H2,1-4H3,(H2,14,15,16). The van der Waals surface area contributed by atoms with Crippen LogP contribution in [0.2, 0.25) is 0 Å². The Morgan fingerprint density at radius 3 is 2.31 bits per heavy atom. The van der Waals surface area contributed by atoms with Gasteiger partial charge in [0.05, 0.1) is 9.26 Å². The molecule has 0 amide bonds. The summed E-state index contributed by atoms with van der Waals surface area (Å²) in [6.07, 6.45) is 1.20. The quantitative estimate of drug-likeness (QED) is 0.805. The van der Waals surface area contributed by atoms with Crippen LogP contribution in [0.25, 0.3) is 0 Å². The average Bonchev–Trinajstić information content (AvgIpc) is 2.85. The highest BCUT2D eigenvalue weighted by atomic mass is 127. The molecule has 1 heterocycles. The van der Waals surface area contributed by atoms with Crippen LogP contribution < -0.4 is 5.73 Å². The monoisotopic (exact) mass is 331 g/mol. The van der Waals surface area contributed by atoms with E-state index in [0.29, 0.717) is 17.7 Å². The first-order chi connectivity index (χ1) is 7.30. The minimum absolute atomic E-state index is 0.0282. The molecule has 2 atom stereocenters. The number of aromatic nitrogens is 2. The van der Waals surface area contributed by atoms with Crippen LogP contribution in [-0.4, -0.2) is 9.97 Å². The number of halogens is 1. The molecule has 2 rings (SSSR count). The Balaban J connectivity index is 2.48. The summed E-state index contributed by atoms with van der Waals surface area (Å²) in [6.45, 7) is 8.73. The van der Waals surface area contributed by atoms with Gasteiger partial charge < -0.3 is 5.73 Å². The van der Waals surface area contributed by atoms with E-state index in [0.717, 1.165) is 15.1 Å². The van der Waals surface area contributed by atoms with Crippen LogP contribution in [0.5, 0.6) is 0 Å². The first-order valence-electron chi connectivity index (χ1n) is 5.64. The topological polar surface area (TPSA) is 51.8 Å². The molecule has 1 fully saturated rings. The van der Waals surface area contributed by atoms with Gasteiger partial charge in [-0.05, 0) is 34.9 Å². The summed E-state index contributed by atoms with van der Waals surface area (Å²) >= 11 is 2.25. The maximum atomic E-state index is 5.97. The van der Waals surface area contributed by atoms with Crippen molar-refractivity contribution < 1.29 is 0 Å². The van der Waals surface area contributed by atoms with Crippen molar-refractivity contribution in [1.82, 2.24) is 9.97 Å². The molecule has 0 spiro atoms. The van der Waals surface area contributed by atoms with Gasteiger partial charge in [0.15, 0.2) is 0 Å². The van der Waals surface area contributed by atoms with Crippen molar-refractivity contribution in [3.63, 3.8) is 0 Å². The SMILES string of the molecule is CC1CC1c1nc(N)c(I)c(C(C)(C)C)n1. The van der Waals surface area contributed by atoms with Crippen LogP contribution in [0.4, 0.5) is 5.82 Å². The molecule has 1 saturated carbocycles. The number of hydrogen-bond donors (Lipinski definition) is 1. The highest BCUT2D eigenvalue weighted by Crippen LogP contribution is 2.46. The Bertz CT molecular complexity index is 423. The molecule has 0 saturated heterocycles. The minimum Gasteiger partial charge on any atom is -0.383 e. The van der Waals surface area contributed by atoms with E-state index in [-0.39, 0.29) is 5.41 Å². The van der Waals surface area contributed by atoms with Crippen molar-refractivity contribution in [2.75, 3.05) is 5.73 Å². The Kier molecular flexibility index (Phi) is 2.88. The van der Waals surface area contributed by atoms with Gasteiger partial charge in [0.1, 0.15) is 11.6 Å². The van der Waals surface area contributed by atoms with E-state index in [1.807, 2.05) is 0 Å². The Labute approximate surface area is 110 Å². The lowest BCUT2D eigenvalue weighted by atomic mass is 9.92. The first kappa shape index (κ1) is 12.1. The molecule has 88 valence electrons. The lowest BCUT2D eigenvalue weighted by molar-refractivity contribution is 0.557. The van der Waals surface area contributed by atoms with Gasteiger partial charge in [-0.15, -0.1) is 0 Å². The fourth-order valence-corrected chi connectivity index (χ4v) is 2.88. The van der Waals surface area contributed by atoms with Crippen molar-refractivity contribution in [3.8, 4) is 0 Å². The third kappa shape index (κ3) is 2.17. The molecule has 0 radical (unpaired) electrons. The molecule has 2 N–H and O–H groups in total. The van der Waals surface area contributed by atoms with E-state index >= 15 is 0 Å². The minimum atomic E-state index is 0.0282. The lowest BCUT2D eigenvalue weighted by Crippen LogP contribution is -2.19. The van der Waals surface area contributed by atoms with Crippen molar-refractivity contribution in [1.29, 1.82) is 0 Å². The Morgan fingerprint density at radius 2 is 1.88 bits per heavy atom. The highest BCUT2D eigenvalue weighted by molar-refractivity contribution is 14.1. The van der Waals surface area contributed by atoms with Gasteiger partial charge in [0, 0.05) is 11.3 Å². The second-order valence-electron chi connectivity index (χ2n) is 5.70. The van der Waals surface area contributed by atoms with Crippen molar-refractivity contribution in [2.24, 2.45) is 5.92 Å². The predicted octanol–water partition coefficient (Wildman–Crippen LogP) is 3.08. The fraction of sp³-hybridized carbons (Fsp3) is 0.667.